The molecule has 236 valence electrons. The second-order valence-electron chi connectivity index (χ2n) is 11.8. The summed E-state index contributed by atoms with van der Waals surface area (Å²) in [5, 5.41) is 14.1. The van der Waals surface area contributed by atoms with Gasteiger partial charge in [-0.15, -0.1) is 0 Å². The van der Waals surface area contributed by atoms with Crippen LogP contribution in [0.25, 0.3) is 21.5 Å². The molecule has 1 saturated heterocycles. The quantitative estimate of drug-likeness (QED) is 0.193. The molecule has 0 spiro atoms. The number of aliphatic carboxylic acids is 1. The van der Waals surface area contributed by atoms with Gasteiger partial charge in [0.2, 0.25) is 0 Å². The van der Waals surface area contributed by atoms with Gasteiger partial charge in [0.05, 0.1) is 17.0 Å². The average Bonchev–Trinajstić information content (AvgIpc) is 3.45. The first-order valence-electron chi connectivity index (χ1n) is 15.5. The number of carbonyl (C=O) groups excluding carboxylic acids is 2. The topological polar surface area (TPSA) is 108 Å². The minimum atomic E-state index is -1.06. The molecule has 1 heterocycles. The van der Waals surface area contributed by atoms with Gasteiger partial charge in [0.1, 0.15) is 18.8 Å². The van der Waals surface area contributed by atoms with Crippen molar-refractivity contribution in [3.8, 4) is 0 Å². The Bertz CT molecular complexity index is 2050. The van der Waals surface area contributed by atoms with Crippen LogP contribution in [0.5, 0.6) is 0 Å². The molecule has 8 heteroatoms. The average molecular weight is 629 g/mol. The van der Waals surface area contributed by atoms with Crippen molar-refractivity contribution in [2.45, 2.75) is 31.3 Å². The SMILES string of the molecule is COC1O[C@@H](COC(=O)c2ccc3ccccc3c2)[C@@H](OC(=O)c2ccc3ccccc3c2)[C@H]1C1=C(C(=O)O)Cc2ccccc2C1. The summed E-state index contributed by atoms with van der Waals surface area (Å²) in [6.45, 7) is -0.246. The van der Waals surface area contributed by atoms with E-state index in [4.69, 9.17) is 18.9 Å². The first kappa shape index (κ1) is 30.3. The molecule has 0 amide bonds. The van der Waals surface area contributed by atoms with Gasteiger partial charge in [-0.2, -0.15) is 0 Å². The lowest BCUT2D eigenvalue weighted by molar-refractivity contribution is -0.137. The molecule has 1 N–H and O–H groups in total. The fourth-order valence-corrected chi connectivity index (χ4v) is 6.68. The van der Waals surface area contributed by atoms with Crippen LogP contribution in [0, 0.1) is 5.92 Å². The minimum Gasteiger partial charge on any atom is -0.478 e. The summed E-state index contributed by atoms with van der Waals surface area (Å²) < 4.78 is 24.0. The molecule has 8 nitrogen and oxygen atoms in total. The molecule has 1 aliphatic carbocycles. The molecule has 1 unspecified atom stereocenters. The van der Waals surface area contributed by atoms with Crippen LogP contribution in [-0.4, -0.2) is 55.2 Å². The van der Waals surface area contributed by atoms with Crippen LogP contribution < -0.4 is 0 Å². The summed E-state index contributed by atoms with van der Waals surface area (Å²) in [4.78, 5) is 39.6. The normalized spacial score (nSPS) is 20.6. The van der Waals surface area contributed by atoms with E-state index in [1.165, 1.54) is 7.11 Å². The van der Waals surface area contributed by atoms with Crippen molar-refractivity contribution < 1.29 is 38.4 Å². The Morgan fingerprint density at radius 1 is 0.723 bits per heavy atom. The maximum atomic E-state index is 13.8. The molecule has 2 aliphatic rings. The summed E-state index contributed by atoms with van der Waals surface area (Å²) in [6.07, 6.45) is -2.38. The maximum Gasteiger partial charge on any atom is 0.338 e. The maximum absolute atomic E-state index is 13.8. The van der Waals surface area contributed by atoms with Crippen LogP contribution in [0.15, 0.2) is 120 Å². The highest BCUT2D eigenvalue weighted by Gasteiger charge is 2.51. The van der Waals surface area contributed by atoms with Crippen molar-refractivity contribution >= 4 is 39.5 Å². The van der Waals surface area contributed by atoms with Crippen LogP contribution in [0.3, 0.4) is 0 Å². The van der Waals surface area contributed by atoms with E-state index in [9.17, 15) is 19.5 Å². The standard InChI is InChI=1S/C39H32O8/c1-44-39-34(31-20-27-12-6-7-13-28(27)21-32(31)36(40)41)35(47-38(43)30-17-15-24-9-3-5-11-26(24)19-30)33(46-39)22-45-37(42)29-16-14-23-8-2-4-10-25(23)18-29/h2-19,33-35,39H,20-22H2,1H3,(H,40,41)/t33-,34+,35+,39?/m0/s1. The number of esters is 2. The molecule has 0 bridgehead atoms. The number of benzene rings is 5. The number of rotatable bonds is 8. The van der Waals surface area contributed by atoms with Crippen LogP contribution in [0.2, 0.25) is 0 Å². The van der Waals surface area contributed by atoms with Crippen LogP contribution >= 0.6 is 0 Å². The van der Waals surface area contributed by atoms with E-state index in [0.29, 0.717) is 23.1 Å². The highest BCUT2D eigenvalue weighted by molar-refractivity contribution is 5.96. The van der Waals surface area contributed by atoms with Gasteiger partial charge in [-0.25, -0.2) is 14.4 Å². The molecule has 4 atom stereocenters. The predicted molar refractivity (Wildman–Crippen MR) is 175 cm³/mol. The van der Waals surface area contributed by atoms with Crippen molar-refractivity contribution in [1.29, 1.82) is 0 Å². The van der Waals surface area contributed by atoms with Gasteiger partial charge in [0, 0.05) is 19.1 Å². The summed E-state index contributed by atoms with van der Waals surface area (Å²) in [6, 6.07) is 33.6. The lowest BCUT2D eigenvalue weighted by Crippen LogP contribution is -2.39. The van der Waals surface area contributed by atoms with Gasteiger partial charge in [-0.3, -0.25) is 0 Å². The summed E-state index contributed by atoms with van der Waals surface area (Å²) in [5.74, 6) is -3.00. The Kier molecular flexibility index (Phi) is 8.28. The minimum absolute atomic E-state index is 0.208. The van der Waals surface area contributed by atoms with E-state index in [0.717, 1.165) is 32.7 Å². The van der Waals surface area contributed by atoms with Crippen LogP contribution in [0.4, 0.5) is 0 Å². The molecule has 0 aromatic heterocycles. The molecule has 1 aliphatic heterocycles. The Morgan fingerprint density at radius 3 is 1.87 bits per heavy atom. The second-order valence-corrected chi connectivity index (χ2v) is 11.8. The Balaban J connectivity index is 1.22. The first-order valence-corrected chi connectivity index (χ1v) is 15.5. The molecule has 0 radical (unpaired) electrons. The number of carbonyl (C=O) groups is 3. The molecule has 0 saturated carbocycles. The van der Waals surface area contributed by atoms with Gasteiger partial charge < -0.3 is 24.1 Å². The molecular formula is C39H32O8. The summed E-state index contributed by atoms with van der Waals surface area (Å²) >= 11 is 0. The molecule has 5 aromatic carbocycles. The zero-order chi connectivity index (χ0) is 32.5. The lowest BCUT2D eigenvalue weighted by atomic mass is 9.78. The zero-order valence-electron chi connectivity index (χ0n) is 25.6. The Labute approximate surface area is 271 Å². The summed E-state index contributed by atoms with van der Waals surface area (Å²) in [5.41, 5.74) is 3.37. The van der Waals surface area contributed by atoms with Gasteiger partial charge in [0.25, 0.3) is 0 Å². The van der Waals surface area contributed by atoms with Crippen molar-refractivity contribution in [3.63, 3.8) is 0 Å². The van der Waals surface area contributed by atoms with E-state index in [1.807, 2.05) is 84.9 Å². The van der Waals surface area contributed by atoms with Gasteiger partial charge in [0.15, 0.2) is 6.29 Å². The van der Waals surface area contributed by atoms with E-state index >= 15 is 0 Å². The van der Waals surface area contributed by atoms with Gasteiger partial charge in [-0.1, -0.05) is 84.9 Å². The van der Waals surface area contributed by atoms with Crippen LogP contribution in [0.1, 0.15) is 31.8 Å². The van der Waals surface area contributed by atoms with Gasteiger partial charge >= 0.3 is 17.9 Å². The second kappa shape index (κ2) is 12.8. The molecule has 7 rings (SSSR count). The van der Waals surface area contributed by atoms with Crippen molar-refractivity contribution in [1.82, 2.24) is 0 Å². The Morgan fingerprint density at radius 2 is 1.28 bits per heavy atom. The highest BCUT2D eigenvalue weighted by atomic mass is 16.7. The smallest absolute Gasteiger partial charge is 0.338 e. The number of carboxylic acids is 1. The van der Waals surface area contributed by atoms with E-state index in [1.54, 1.807) is 24.3 Å². The Hall–Kier alpha value is -5.31. The first-order chi connectivity index (χ1) is 22.9. The van der Waals surface area contributed by atoms with Crippen molar-refractivity contribution in [2.75, 3.05) is 13.7 Å². The monoisotopic (exact) mass is 628 g/mol. The molecule has 47 heavy (non-hydrogen) atoms. The zero-order valence-corrected chi connectivity index (χ0v) is 25.6. The number of ether oxygens (including phenoxy) is 4. The molecular weight excluding hydrogens is 596 g/mol. The number of hydrogen-bond acceptors (Lipinski definition) is 7. The van der Waals surface area contributed by atoms with E-state index < -0.39 is 42.3 Å². The number of hydrogen-bond donors (Lipinski definition) is 1. The third-order valence-electron chi connectivity index (χ3n) is 9.06. The van der Waals surface area contributed by atoms with Crippen molar-refractivity contribution in [3.05, 3.63) is 143 Å². The fourth-order valence-electron chi connectivity index (χ4n) is 6.68. The molecule has 1 fully saturated rings. The van der Waals surface area contributed by atoms with Crippen LogP contribution in [-0.2, 0) is 36.6 Å². The third kappa shape index (κ3) is 6.01. The van der Waals surface area contributed by atoms with Crippen molar-refractivity contribution in [2.24, 2.45) is 5.92 Å². The highest BCUT2D eigenvalue weighted by Crippen LogP contribution is 2.42. The number of methoxy groups -OCH3 is 1. The number of fused-ring (bicyclic) bond motifs is 3. The van der Waals surface area contributed by atoms with E-state index in [-0.39, 0.29) is 18.6 Å². The largest absolute Gasteiger partial charge is 0.478 e. The van der Waals surface area contributed by atoms with Gasteiger partial charge in [-0.05, 0) is 68.9 Å². The number of carboxylic acid groups (broad SMARTS) is 1. The predicted octanol–water partition coefficient (Wildman–Crippen LogP) is 6.54. The summed E-state index contributed by atoms with van der Waals surface area (Å²) in [7, 11) is 1.46. The molecule has 5 aromatic rings. The fraction of sp³-hybridized carbons (Fsp3) is 0.205. The lowest BCUT2D eigenvalue weighted by Gasteiger charge is -2.30. The van der Waals surface area contributed by atoms with E-state index in [2.05, 4.69) is 0 Å². The third-order valence-corrected chi connectivity index (χ3v) is 9.06.